The number of alkyl halides is 3. The van der Waals surface area contributed by atoms with E-state index >= 15 is 0 Å². The van der Waals surface area contributed by atoms with Crippen LogP contribution >= 0.6 is 0 Å². The molecule has 0 radical (unpaired) electrons. The number of pyridine rings is 2. The van der Waals surface area contributed by atoms with E-state index in [-0.39, 0.29) is 23.1 Å². The predicted molar refractivity (Wildman–Crippen MR) is 133 cm³/mol. The van der Waals surface area contributed by atoms with Crippen molar-refractivity contribution in [1.29, 1.82) is 0 Å². The summed E-state index contributed by atoms with van der Waals surface area (Å²) in [5, 5.41) is 6.87. The minimum atomic E-state index is -4.64. The van der Waals surface area contributed by atoms with Gasteiger partial charge >= 0.3 is 6.18 Å². The largest absolute Gasteiger partial charge is 0.433 e. The van der Waals surface area contributed by atoms with E-state index in [1.165, 1.54) is 30.7 Å². The number of hydrogen-bond donors (Lipinski definition) is 1. The number of halogens is 3. The van der Waals surface area contributed by atoms with Gasteiger partial charge in [0, 0.05) is 18.0 Å². The minimum absolute atomic E-state index is 0.0972. The van der Waals surface area contributed by atoms with Crippen molar-refractivity contribution in [2.75, 3.05) is 11.9 Å². The Morgan fingerprint density at radius 1 is 1.05 bits per heavy atom. The summed E-state index contributed by atoms with van der Waals surface area (Å²) < 4.78 is 42.0. The average molecular weight is 503 g/mol. The number of benzene rings is 1. The number of rotatable bonds is 5. The quantitative estimate of drug-likeness (QED) is 0.377. The molecule has 1 aliphatic rings. The first kappa shape index (κ1) is 24.1. The fraction of sp³-hybridized carbons (Fsp3) is 0.148. The number of aryl methyl sites for hydroxylation is 1. The third-order valence-corrected chi connectivity index (χ3v) is 5.82. The first-order valence-electron chi connectivity index (χ1n) is 11.4. The standard InChI is InChI=1S/C27H21F3N6O/c1-17-6-8-18(9-7-17)25-21(5-3-13-32-25)26(37)34-24-11-10-20(16-33-24)36-23(27(28,29)30)14-22(35-36)19-4-2-12-31-15-19/h2-12,14-16,21H,13H2,1H3,(H,33,34,37). The third-order valence-electron chi connectivity index (χ3n) is 5.82. The van der Waals surface area contributed by atoms with Crippen LogP contribution in [0.15, 0.2) is 90.3 Å². The number of carbonyl (C=O) groups excluding carboxylic acids is 1. The van der Waals surface area contributed by atoms with Gasteiger partial charge in [-0.2, -0.15) is 18.3 Å². The Hall–Kier alpha value is -4.60. The van der Waals surface area contributed by atoms with E-state index in [9.17, 15) is 18.0 Å². The SMILES string of the molecule is Cc1ccc(C2=NCC=CC2C(=O)Nc2ccc(-n3nc(-c4cccnc4)cc3C(F)(F)F)cn2)cc1. The van der Waals surface area contributed by atoms with Crippen molar-refractivity contribution in [3.8, 4) is 16.9 Å². The van der Waals surface area contributed by atoms with Crippen LogP contribution in [0, 0.1) is 12.8 Å². The normalized spacial score (nSPS) is 15.4. The van der Waals surface area contributed by atoms with Crippen molar-refractivity contribution in [3.63, 3.8) is 0 Å². The molecule has 1 unspecified atom stereocenters. The van der Waals surface area contributed by atoms with Gasteiger partial charge in [0.1, 0.15) is 11.5 Å². The second-order valence-corrected chi connectivity index (χ2v) is 8.45. The highest BCUT2D eigenvalue weighted by Gasteiger charge is 2.36. The Bertz CT molecular complexity index is 1470. The summed E-state index contributed by atoms with van der Waals surface area (Å²) >= 11 is 0. The first-order valence-corrected chi connectivity index (χ1v) is 11.4. The van der Waals surface area contributed by atoms with Gasteiger partial charge in [0.2, 0.25) is 5.91 Å². The topological polar surface area (TPSA) is 85.1 Å². The molecule has 0 spiro atoms. The molecule has 7 nitrogen and oxygen atoms in total. The number of hydrogen-bond acceptors (Lipinski definition) is 5. The van der Waals surface area contributed by atoms with Crippen molar-refractivity contribution >= 4 is 17.4 Å². The lowest BCUT2D eigenvalue weighted by atomic mass is 9.93. The van der Waals surface area contributed by atoms with E-state index in [1.807, 2.05) is 37.3 Å². The molecule has 1 atom stereocenters. The molecule has 0 fully saturated rings. The number of anilines is 1. The van der Waals surface area contributed by atoms with Crippen LogP contribution in [-0.4, -0.2) is 37.9 Å². The summed E-state index contributed by atoms with van der Waals surface area (Å²) in [4.78, 5) is 25.7. The first-order chi connectivity index (χ1) is 17.8. The van der Waals surface area contributed by atoms with Gasteiger partial charge in [0.15, 0.2) is 0 Å². The molecule has 5 rings (SSSR count). The molecule has 10 heteroatoms. The summed E-state index contributed by atoms with van der Waals surface area (Å²) in [5.41, 5.74) is 2.32. The molecule has 37 heavy (non-hydrogen) atoms. The van der Waals surface area contributed by atoms with Crippen LogP contribution in [-0.2, 0) is 11.0 Å². The van der Waals surface area contributed by atoms with Gasteiger partial charge in [0.05, 0.1) is 35.8 Å². The van der Waals surface area contributed by atoms with E-state index in [0.717, 1.165) is 21.9 Å². The van der Waals surface area contributed by atoms with Crippen LogP contribution in [0.5, 0.6) is 0 Å². The van der Waals surface area contributed by atoms with Crippen LogP contribution < -0.4 is 5.32 Å². The Labute approximate surface area is 210 Å². The van der Waals surface area contributed by atoms with Crippen molar-refractivity contribution in [2.45, 2.75) is 13.1 Å². The number of amides is 1. The van der Waals surface area contributed by atoms with Gasteiger partial charge in [-0.05, 0) is 42.8 Å². The number of nitrogens with zero attached hydrogens (tertiary/aromatic N) is 5. The zero-order valence-corrected chi connectivity index (χ0v) is 19.6. The predicted octanol–water partition coefficient (Wildman–Crippen LogP) is 5.27. The van der Waals surface area contributed by atoms with Gasteiger partial charge in [0.25, 0.3) is 0 Å². The second-order valence-electron chi connectivity index (χ2n) is 8.45. The summed E-state index contributed by atoms with van der Waals surface area (Å²) in [5.74, 6) is -0.767. The minimum Gasteiger partial charge on any atom is -0.310 e. The Balaban J connectivity index is 1.38. The van der Waals surface area contributed by atoms with Crippen LogP contribution in [0.25, 0.3) is 16.9 Å². The molecule has 1 aromatic carbocycles. The molecule has 1 N–H and O–H groups in total. The van der Waals surface area contributed by atoms with Crippen LogP contribution in [0.3, 0.4) is 0 Å². The maximum atomic E-state index is 13.7. The van der Waals surface area contributed by atoms with E-state index in [1.54, 1.807) is 18.2 Å². The molecule has 4 heterocycles. The van der Waals surface area contributed by atoms with Gasteiger partial charge < -0.3 is 5.32 Å². The zero-order valence-electron chi connectivity index (χ0n) is 19.6. The Morgan fingerprint density at radius 3 is 2.54 bits per heavy atom. The number of aliphatic imine (C=N–C) groups is 1. The van der Waals surface area contributed by atoms with Crippen LogP contribution in [0.4, 0.5) is 19.0 Å². The molecule has 1 aliphatic heterocycles. The highest BCUT2D eigenvalue weighted by Crippen LogP contribution is 2.34. The number of nitrogens with one attached hydrogen (secondary N) is 1. The molecular formula is C27H21F3N6O. The third kappa shape index (κ3) is 5.18. The van der Waals surface area contributed by atoms with Gasteiger partial charge in [-0.1, -0.05) is 42.0 Å². The van der Waals surface area contributed by atoms with E-state index < -0.39 is 17.8 Å². The number of carbonyl (C=O) groups is 1. The number of dihydropyridines is 1. The van der Waals surface area contributed by atoms with E-state index in [2.05, 4.69) is 25.4 Å². The lowest BCUT2D eigenvalue weighted by molar-refractivity contribution is -0.142. The lowest BCUT2D eigenvalue weighted by Crippen LogP contribution is -2.31. The van der Waals surface area contributed by atoms with Crippen LogP contribution in [0.1, 0.15) is 16.8 Å². The highest BCUT2D eigenvalue weighted by atomic mass is 19.4. The van der Waals surface area contributed by atoms with Gasteiger partial charge in [-0.25, -0.2) is 9.67 Å². The molecule has 1 amide bonds. The molecule has 4 aromatic rings. The molecule has 0 saturated carbocycles. The maximum absolute atomic E-state index is 13.7. The Morgan fingerprint density at radius 2 is 1.86 bits per heavy atom. The summed E-state index contributed by atoms with van der Waals surface area (Å²) in [6, 6.07) is 14.8. The summed E-state index contributed by atoms with van der Waals surface area (Å²) in [7, 11) is 0. The number of aromatic nitrogens is 4. The van der Waals surface area contributed by atoms with Gasteiger partial charge in [-0.15, -0.1) is 0 Å². The highest BCUT2D eigenvalue weighted by molar-refractivity contribution is 6.17. The van der Waals surface area contributed by atoms with E-state index in [0.29, 0.717) is 17.8 Å². The smallest absolute Gasteiger partial charge is 0.310 e. The fourth-order valence-corrected chi connectivity index (χ4v) is 3.97. The van der Waals surface area contributed by atoms with Crippen molar-refractivity contribution in [3.05, 3.63) is 102 Å². The Kier molecular flexibility index (Phi) is 6.39. The van der Waals surface area contributed by atoms with Gasteiger partial charge in [-0.3, -0.25) is 14.8 Å². The van der Waals surface area contributed by atoms with Crippen molar-refractivity contribution < 1.29 is 18.0 Å². The molecule has 0 aliphatic carbocycles. The monoisotopic (exact) mass is 502 g/mol. The molecular weight excluding hydrogens is 481 g/mol. The average Bonchev–Trinajstić information content (AvgIpc) is 3.37. The molecule has 186 valence electrons. The molecule has 0 saturated heterocycles. The molecule has 0 bridgehead atoms. The summed E-state index contributed by atoms with van der Waals surface area (Å²) in [6.07, 6.45) is 3.16. The van der Waals surface area contributed by atoms with E-state index in [4.69, 9.17) is 0 Å². The van der Waals surface area contributed by atoms with Crippen molar-refractivity contribution in [2.24, 2.45) is 10.9 Å². The summed E-state index contributed by atoms with van der Waals surface area (Å²) in [6.45, 7) is 2.46. The second kappa shape index (κ2) is 9.81. The lowest BCUT2D eigenvalue weighted by Gasteiger charge is -2.19. The maximum Gasteiger partial charge on any atom is 0.433 e. The molecule has 3 aromatic heterocycles. The van der Waals surface area contributed by atoms with Crippen LogP contribution in [0.2, 0.25) is 0 Å². The fourth-order valence-electron chi connectivity index (χ4n) is 3.97. The van der Waals surface area contributed by atoms with Crippen molar-refractivity contribution in [1.82, 2.24) is 19.7 Å². The zero-order chi connectivity index (χ0) is 26.0.